The van der Waals surface area contributed by atoms with Gasteiger partial charge in [0.1, 0.15) is 22.5 Å². The zero-order valence-corrected chi connectivity index (χ0v) is 35.5. The summed E-state index contributed by atoms with van der Waals surface area (Å²) in [4.78, 5) is 2.40. The monoisotopic (exact) mass is 831 g/mol. The molecule has 306 valence electrons. The Labute approximate surface area is 376 Å². The molecule has 3 nitrogen and oxygen atoms in total. The Morgan fingerprint density at radius 1 is 0.369 bits per heavy atom. The first kappa shape index (κ1) is 37.2. The molecule has 2 heterocycles. The van der Waals surface area contributed by atoms with Gasteiger partial charge in [-0.2, -0.15) is 0 Å². The van der Waals surface area contributed by atoms with Crippen molar-refractivity contribution >= 4 is 77.1 Å². The van der Waals surface area contributed by atoms with Crippen molar-refractivity contribution in [3.8, 4) is 33.4 Å². The smallest absolute Gasteiger partial charge is 0.138 e. The summed E-state index contributed by atoms with van der Waals surface area (Å²) in [7, 11) is 0. The lowest BCUT2D eigenvalue weighted by molar-refractivity contribution is 0.591. The Bertz CT molecular complexity index is 3820. The molecule has 0 radical (unpaired) electrons. The van der Waals surface area contributed by atoms with Crippen molar-refractivity contribution in [2.75, 3.05) is 4.90 Å². The third kappa shape index (κ3) is 6.27. The van der Waals surface area contributed by atoms with Crippen LogP contribution in [0.2, 0.25) is 0 Å². The van der Waals surface area contributed by atoms with E-state index in [1.54, 1.807) is 0 Å². The van der Waals surface area contributed by atoms with Gasteiger partial charge in [0, 0.05) is 44.2 Å². The quantitative estimate of drug-likeness (QED) is 0.160. The molecule has 0 unspecified atom stereocenters. The Morgan fingerprint density at radius 2 is 0.985 bits per heavy atom. The number of nitrogens with zero attached hydrogens (tertiary/aromatic N) is 1. The summed E-state index contributed by atoms with van der Waals surface area (Å²) in [5.74, 6) is 0.987. The van der Waals surface area contributed by atoms with E-state index in [1.807, 2.05) is 0 Å². The molecule has 0 spiro atoms. The Morgan fingerprint density at radius 3 is 1.83 bits per heavy atom. The second-order valence-electron chi connectivity index (χ2n) is 17.1. The van der Waals surface area contributed by atoms with Crippen molar-refractivity contribution in [2.24, 2.45) is 0 Å². The summed E-state index contributed by atoms with van der Waals surface area (Å²) in [6, 6.07) is 78.7. The summed E-state index contributed by atoms with van der Waals surface area (Å²) in [5, 5.41) is 8.30. The van der Waals surface area contributed by atoms with Gasteiger partial charge in [0.2, 0.25) is 0 Å². The minimum atomic E-state index is 0.874. The van der Waals surface area contributed by atoms with E-state index >= 15 is 0 Å². The lowest BCUT2D eigenvalue weighted by Gasteiger charge is -2.28. The predicted molar refractivity (Wildman–Crippen MR) is 271 cm³/mol. The molecule has 0 bridgehead atoms. The van der Waals surface area contributed by atoms with E-state index in [-0.39, 0.29) is 0 Å². The van der Waals surface area contributed by atoms with Crippen molar-refractivity contribution in [3.63, 3.8) is 0 Å². The van der Waals surface area contributed by atoms with Gasteiger partial charge in [0.25, 0.3) is 0 Å². The van der Waals surface area contributed by atoms with Crippen LogP contribution in [0.15, 0.2) is 233 Å². The Kier molecular flexibility index (Phi) is 8.67. The van der Waals surface area contributed by atoms with Crippen LogP contribution in [0.3, 0.4) is 0 Å². The number of furan rings is 2. The number of para-hydroxylation sites is 2. The highest BCUT2D eigenvalue weighted by atomic mass is 16.3. The first-order valence-corrected chi connectivity index (χ1v) is 22.5. The molecule has 12 aromatic rings. The summed E-state index contributed by atoms with van der Waals surface area (Å²) in [6.07, 6.45) is 4.30. The molecule has 2 aromatic heterocycles. The zero-order valence-electron chi connectivity index (χ0n) is 35.5. The number of rotatable bonds is 7. The van der Waals surface area contributed by atoms with E-state index in [0.717, 1.165) is 91.0 Å². The van der Waals surface area contributed by atoms with Crippen LogP contribution >= 0.6 is 0 Å². The van der Waals surface area contributed by atoms with Gasteiger partial charge in [-0.25, -0.2) is 0 Å². The van der Waals surface area contributed by atoms with Crippen LogP contribution < -0.4 is 4.90 Å². The highest BCUT2D eigenvalue weighted by Crippen LogP contribution is 2.46. The average molecular weight is 832 g/mol. The van der Waals surface area contributed by atoms with E-state index < -0.39 is 0 Å². The minimum Gasteiger partial charge on any atom is -0.456 e. The molecule has 1 aliphatic carbocycles. The third-order valence-electron chi connectivity index (χ3n) is 13.3. The van der Waals surface area contributed by atoms with Gasteiger partial charge in [0.05, 0.1) is 5.69 Å². The van der Waals surface area contributed by atoms with Gasteiger partial charge >= 0.3 is 0 Å². The van der Waals surface area contributed by atoms with Crippen LogP contribution in [0.25, 0.3) is 93.4 Å². The van der Waals surface area contributed by atoms with E-state index in [4.69, 9.17) is 8.83 Å². The van der Waals surface area contributed by atoms with Crippen LogP contribution in [-0.4, -0.2) is 0 Å². The van der Waals surface area contributed by atoms with E-state index in [0.29, 0.717) is 0 Å². The molecule has 0 atom stereocenters. The van der Waals surface area contributed by atoms with Gasteiger partial charge in [0.15, 0.2) is 0 Å². The number of hydrogen-bond donors (Lipinski definition) is 0. The molecule has 10 aromatic carbocycles. The number of fused-ring (bicyclic) bond motifs is 8. The Hall–Kier alpha value is -8.40. The van der Waals surface area contributed by atoms with Crippen molar-refractivity contribution in [2.45, 2.75) is 12.8 Å². The molecular weight excluding hydrogens is 791 g/mol. The lowest BCUT2D eigenvalue weighted by Crippen LogP contribution is -2.11. The van der Waals surface area contributed by atoms with Crippen molar-refractivity contribution in [1.29, 1.82) is 0 Å². The molecule has 0 saturated carbocycles. The van der Waals surface area contributed by atoms with E-state index in [1.165, 1.54) is 49.2 Å². The Balaban J connectivity index is 0.945. The normalized spacial score (nSPS) is 12.6. The molecule has 3 heteroatoms. The van der Waals surface area contributed by atoms with Crippen molar-refractivity contribution in [3.05, 3.63) is 241 Å². The molecule has 0 amide bonds. The minimum absolute atomic E-state index is 0.874. The van der Waals surface area contributed by atoms with Crippen LogP contribution in [0.1, 0.15) is 23.3 Å². The first-order chi connectivity index (χ1) is 32.2. The van der Waals surface area contributed by atoms with Crippen molar-refractivity contribution in [1.82, 2.24) is 0 Å². The summed E-state index contributed by atoms with van der Waals surface area (Å²) < 4.78 is 13.1. The van der Waals surface area contributed by atoms with E-state index in [9.17, 15) is 0 Å². The molecule has 0 N–H and O–H groups in total. The maximum atomic E-state index is 6.59. The van der Waals surface area contributed by atoms with Gasteiger partial charge in [-0.1, -0.05) is 164 Å². The molecule has 0 aliphatic heterocycles. The zero-order chi connectivity index (χ0) is 42.8. The summed E-state index contributed by atoms with van der Waals surface area (Å²) in [5.41, 5.74) is 16.5. The molecule has 0 fully saturated rings. The number of aryl methyl sites for hydroxylation is 1. The van der Waals surface area contributed by atoms with Crippen LogP contribution in [0, 0.1) is 0 Å². The number of benzene rings is 10. The largest absolute Gasteiger partial charge is 0.456 e. The van der Waals surface area contributed by atoms with Crippen LogP contribution in [0.4, 0.5) is 17.1 Å². The van der Waals surface area contributed by atoms with E-state index in [2.05, 4.69) is 229 Å². The number of hydrogen-bond acceptors (Lipinski definition) is 3. The van der Waals surface area contributed by atoms with Crippen LogP contribution in [0.5, 0.6) is 0 Å². The second kappa shape index (κ2) is 15.1. The van der Waals surface area contributed by atoms with Crippen molar-refractivity contribution < 1.29 is 8.83 Å². The molecule has 13 rings (SSSR count). The maximum absolute atomic E-state index is 6.59. The third-order valence-corrected chi connectivity index (χ3v) is 13.3. The maximum Gasteiger partial charge on any atom is 0.138 e. The summed E-state index contributed by atoms with van der Waals surface area (Å²) in [6.45, 7) is 0. The topological polar surface area (TPSA) is 29.5 Å². The van der Waals surface area contributed by atoms with Gasteiger partial charge < -0.3 is 13.7 Å². The fourth-order valence-electron chi connectivity index (χ4n) is 10.3. The fraction of sp³-hybridized carbons (Fsp3) is 0.0323. The summed E-state index contributed by atoms with van der Waals surface area (Å²) >= 11 is 0. The van der Waals surface area contributed by atoms with Crippen LogP contribution in [-0.2, 0) is 6.42 Å². The highest BCUT2D eigenvalue weighted by Gasteiger charge is 2.24. The molecule has 1 aliphatic rings. The SMILES string of the molecule is C1=C(c2ccc(N(c3ccc(-c4cccc(-c5cccc6ccccc56)c4)cc3)c3ccccc3-c3cccc4oc5cc6ccccc6cc5c34)cc2)c2oc3ccccc3c2CC1. The fourth-order valence-corrected chi connectivity index (χ4v) is 10.3. The molecular formula is C62H41NO2. The van der Waals surface area contributed by atoms with Gasteiger partial charge in [-0.15, -0.1) is 0 Å². The number of anilines is 3. The highest BCUT2D eigenvalue weighted by molar-refractivity contribution is 6.16. The number of allylic oxidation sites excluding steroid dienone is 1. The molecule has 0 saturated heterocycles. The van der Waals surface area contributed by atoms with Gasteiger partial charge in [-0.05, 0) is 128 Å². The first-order valence-electron chi connectivity index (χ1n) is 22.5. The van der Waals surface area contributed by atoms with Gasteiger partial charge in [-0.3, -0.25) is 0 Å². The molecule has 65 heavy (non-hydrogen) atoms. The predicted octanol–water partition coefficient (Wildman–Crippen LogP) is 17.5. The second-order valence-corrected chi connectivity index (χ2v) is 17.1. The standard InChI is InChI=1S/C62H41NO2/c1-2-15-45-39-60-56(38-44(45)14-1)61-54(24-12-28-59(61)64-60)52-20-5-7-26-57(52)63(48-35-31-42(32-36-48)51-23-11-25-55-53-21-6-8-27-58(53)65-62(51)55)47-33-29-40(30-34-47)43-17-9-18-46(37-43)50-22-10-16-41-13-3-4-19-49(41)50/h1-10,12-24,26-39H,11,25H2. The lowest BCUT2D eigenvalue weighted by atomic mass is 9.91. The average Bonchev–Trinajstić information content (AvgIpc) is 3.94.